The molecule has 0 saturated heterocycles. The molecule has 0 aliphatic heterocycles. The molecule has 0 N–H and O–H groups in total. The van der Waals surface area contributed by atoms with Gasteiger partial charge in [0.15, 0.2) is 0 Å². The zero-order valence-corrected chi connectivity index (χ0v) is 12.5. The van der Waals surface area contributed by atoms with Crippen molar-refractivity contribution in [2.75, 3.05) is 6.61 Å². The van der Waals surface area contributed by atoms with E-state index in [2.05, 4.69) is 49.7 Å². The topological polar surface area (TPSA) is 9.23 Å². The summed E-state index contributed by atoms with van der Waals surface area (Å²) in [4.78, 5) is 0. The van der Waals surface area contributed by atoms with Gasteiger partial charge in [-0.3, -0.25) is 0 Å². The van der Waals surface area contributed by atoms with E-state index in [1.54, 1.807) is 5.37 Å². The van der Waals surface area contributed by atoms with E-state index in [1.807, 2.05) is 12.1 Å². The van der Waals surface area contributed by atoms with Gasteiger partial charge in [-0.1, -0.05) is 55.5 Å². The van der Waals surface area contributed by atoms with Crippen molar-refractivity contribution in [3.05, 3.63) is 71.6 Å². The van der Waals surface area contributed by atoms with Crippen LogP contribution in [0.1, 0.15) is 30.0 Å². The molecule has 2 heteroatoms. The Balaban J connectivity index is 1.93. The molecule has 0 heterocycles. The lowest BCUT2D eigenvalue weighted by atomic mass is 10.0. The maximum atomic E-state index is 5.64. The number of thiocarbonyl (C=S) groups is 1. The quantitative estimate of drug-likeness (QED) is 0.686. The predicted molar refractivity (Wildman–Crippen MR) is 88.5 cm³/mol. The average molecular weight is 283 g/mol. The Morgan fingerprint density at radius 2 is 1.85 bits per heavy atom. The first-order chi connectivity index (χ1) is 9.81. The number of hydrogen-bond donors (Lipinski definition) is 0. The smallest absolute Gasteiger partial charge is 0.119 e. The number of ether oxygens (including phenoxy) is 1. The van der Waals surface area contributed by atoms with E-state index in [0.717, 1.165) is 30.8 Å². The molecule has 2 rings (SSSR count). The van der Waals surface area contributed by atoms with Gasteiger partial charge in [-0.2, -0.15) is 0 Å². The second-order valence-electron chi connectivity index (χ2n) is 4.69. The minimum absolute atomic E-state index is 0.766. The third-order valence-corrected chi connectivity index (χ3v) is 3.29. The van der Waals surface area contributed by atoms with Crippen LogP contribution >= 0.6 is 12.2 Å². The minimum Gasteiger partial charge on any atom is -0.494 e. The fourth-order valence-electron chi connectivity index (χ4n) is 1.92. The van der Waals surface area contributed by atoms with E-state index in [0.29, 0.717) is 0 Å². The summed E-state index contributed by atoms with van der Waals surface area (Å²) in [7, 11) is 0. The lowest BCUT2D eigenvalue weighted by molar-refractivity contribution is 0.317. The molecule has 0 aliphatic rings. The van der Waals surface area contributed by atoms with Crippen molar-refractivity contribution in [1.82, 2.24) is 0 Å². The third-order valence-electron chi connectivity index (χ3n) is 3.02. The van der Waals surface area contributed by atoms with Crippen LogP contribution in [0.15, 0.2) is 48.5 Å². The van der Waals surface area contributed by atoms with Crippen LogP contribution in [0, 0.1) is 6.42 Å². The van der Waals surface area contributed by atoms with Crippen LogP contribution in [0.2, 0.25) is 0 Å². The van der Waals surface area contributed by atoms with Crippen LogP contribution in [0.25, 0.3) is 0 Å². The lowest BCUT2D eigenvalue weighted by Gasteiger charge is -2.07. The third kappa shape index (κ3) is 4.46. The van der Waals surface area contributed by atoms with E-state index in [1.165, 1.54) is 11.1 Å². The molecule has 0 spiro atoms. The highest BCUT2D eigenvalue weighted by Crippen LogP contribution is 2.17. The molecule has 0 aromatic heterocycles. The molecule has 1 nitrogen and oxygen atoms in total. The summed E-state index contributed by atoms with van der Waals surface area (Å²) in [5, 5.41) is 1.70. The van der Waals surface area contributed by atoms with Crippen LogP contribution < -0.4 is 4.74 Å². The highest BCUT2D eigenvalue weighted by Gasteiger charge is 1.99. The summed E-state index contributed by atoms with van der Waals surface area (Å²) in [6.45, 7) is 2.88. The molecule has 0 amide bonds. The van der Waals surface area contributed by atoms with Gasteiger partial charge in [0.05, 0.1) is 6.61 Å². The maximum Gasteiger partial charge on any atom is 0.119 e. The van der Waals surface area contributed by atoms with E-state index >= 15 is 0 Å². The second-order valence-corrected chi connectivity index (χ2v) is 4.92. The summed E-state index contributed by atoms with van der Waals surface area (Å²) in [6.07, 6.45) is 4.15. The highest BCUT2D eigenvalue weighted by molar-refractivity contribution is 7.79. The van der Waals surface area contributed by atoms with Gasteiger partial charge >= 0.3 is 0 Å². The van der Waals surface area contributed by atoms with Crippen LogP contribution in [-0.4, -0.2) is 12.0 Å². The molecular weight excluding hydrogens is 264 g/mol. The highest BCUT2D eigenvalue weighted by atomic mass is 32.1. The summed E-state index contributed by atoms with van der Waals surface area (Å²) in [5.41, 5.74) is 3.56. The van der Waals surface area contributed by atoms with Crippen LogP contribution in [0.5, 0.6) is 5.75 Å². The standard InChI is InChI=1S/C18H19OS/c1-2-12-19-18-5-3-4-16(13-18)9-6-15-7-10-17(14-20)11-8-15/h3-5,7-11,13-14H,2,6,12H2,1H3. The van der Waals surface area contributed by atoms with Crippen molar-refractivity contribution in [3.8, 4) is 5.75 Å². The second kappa shape index (κ2) is 7.81. The first-order valence-corrected chi connectivity index (χ1v) is 7.39. The molecule has 103 valence electrons. The Bertz CT molecular complexity index is 546. The van der Waals surface area contributed by atoms with Gasteiger partial charge in [0, 0.05) is 5.37 Å². The largest absolute Gasteiger partial charge is 0.494 e. The van der Waals surface area contributed by atoms with Gasteiger partial charge in [0.2, 0.25) is 0 Å². The van der Waals surface area contributed by atoms with E-state index < -0.39 is 0 Å². The molecule has 0 bridgehead atoms. The van der Waals surface area contributed by atoms with E-state index in [-0.39, 0.29) is 0 Å². The first kappa shape index (κ1) is 14.7. The van der Waals surface area contributed by atoms with E-state index in [9.17, 15) is 0 Å². The summed E-state index contributed by atoms with van der Waals surface area (Å²) in [5.74, 6) is 0.941. The molecule has 0 atom stereocenters. The lowest BCUT2D eigenvalue weighted by Crippen LogP contribution is -1.96. The summed E-state index contributed by atoms with van der Waals surface area (Å²) >= 11 is 4.91. The van der Waals surface area contributed by atoms with Gasteiger partial charge in [0.25, 0.3) is 0 Å². The van der Waals surface area contributed by atoms with Gasteiger partial charge in [0.1, 0.15) is 5.75 Å². The fourth-order valence-corrected chi connectivity index (χ4v) is 2.08. The molecule has 0 fully saturated rings. The van der Waals surface area contributed by atoms with Crippen LogP contribution in [0.3, 0.4) is 0 Å². The van der Waals surface area contributed by atoms with Crippen LogP contribution in [-0.2, 0) is 6.42 Å². The van der Waals surface area contributed by atoms with E-state index in [4.69, 9.17) is 17.0 Å². The van der Waals surface area contributed by atoms with Crippen molar-refractivity contribution < 1.29 is 4.74 Å². The number of hydrogen-bond acceptors (Lipinski definition) is 2. The molecular formula is C18H19OS. The first-order valence-electron chi connectivity index (χ1n) is 6.92. The van der Waals surface area contributed by atoms with Gasteiger partial charge in [-0.05, 0) is 48.1 Å². The Labute approximate surface area is 126 Å². The van der Waals surface area contributed by atoms with Crippen molar-refractivity contribution >= 4 is 17.6 Å². The van der Waals surface area contributed by atoms with Crippen molar-refractivity contribution in [3.63, 3.8) is 0 Å². The molecule has 0 unspecified atom stereocenters. The van der Waals surface area contributed by atoms with Crippen molar-refractivity contribution in [2.45, 2.75) is 19.8 Å². The predicted octanol–water partition coefficient (Wildman–Crippen LogP) is 4.62. The molecule has 20 heavy (non-hydrogen) atoms. The molecule has 0 saturated carbocycles. The normalized spacial score (nSPS) is 10.2. The average Bonchev–Trinajstić information content (AvgIpc) is 2.52. The fraction of sp³-hybridized carbons (Fsp3) is 0.222. The minimum atomic E-state index is 0.766. The SMILES string of the molecule is CCCOc1cccc([CH]Cc2ccc(C=S)cc2)c1. The Kier molecular flexibility index (Phi) is 5.75. The monoisotopic (exact) mass is 283 g/mol. The molecule has 2 aromatic rings. The van der Waals surface area contributed by atoms with Gasteiger partial charge < -0.3 is 4.74 Å². The number of benzene rings is 2. The summed E-state index contributed by atoms with van der Waals surface area (Å²) in [6, 6.07) is 16.6. The zero-order chi connectivity index (χ0) is 14.2. The Morgan fingerprint density at radius 3 is 2.55 bits per heavy atom. The van der Waals surface area contributed by atoms with Crippen LogP contribution in [0.4, 0.5) is 0 Å². The van der Waals surface area contributed by atoms with Crippen molar-refractivity contribution in [2.24, 2.45) is 0 Å². The zero-order valence-electron chi connectivity index (χ0n) is 11.7. The Hall–Kier alpha value is -1.67. The summed E-state index contributed by atoms with van der Waals surface area (Å²) < 4.78 is 5.64. The molecule has 1 radical (unpaired) electrons. The molecule has 0 aliphatic carbocycles. The molecule has 2 aromatic carbocycles. The van der Waals surface area contributed by atoms with Gasteiger partial charge in [-0.15, -0.1) is 0 Å². The maximum absolute atomic E-state index is 5.64. The number of rotatable bonds is 7. The van der Waals surface area contributed by atoms with Gasteiger partial charge in [-0.25, -0.2) is 0 Å². The van der Waals surface area contributed by atoms with Crippen molar-refractivity contribution in [1.29, 1.82) is 0 Å². The Morgan fingerprint density at radius 1 is 1.05 bits per heavy atom.